The van der Waals surface area contributed by atoms with Crippen LogP contribution < -0.4 is 15.1 Å². The summed E-state index contributed by atoms with van der Waals surface area (Å²) >= 11 is 0. The van der Waals surface area contributed by atoms with Gasteiger partial charge in [0.2, 0.25) is 5.82 Å². The highest BCUT2D eigenvalue weighted by Gasteiger charge is 2.44. The molecule has 4 aliphatic heterocycles. The van der Waals surface area contributed by atoms with Gasteiger partial charge in [0.1, 0.15) is 11.6 Å². The van der Waals surface area contributed by atoms with Gasteiger partial charge < -0.3 is 19.9 Å². The molecule has 5 heterocycles. The molecule has 3 saturated heterocycles. The molecule has 7 nitrogen and oxygen atoms in total. The van der Waals surface area contributed by atoms with Gasteiger partial charge in [-0.05, 0) is 32.3 Å². The van der Waals surface area contributed by atoms with E-state index < -0.39 is 12.0 Å². The zero-order valence-corrected chi connectivity index (χ0v) is 18.7. The van der Waals surface area contributed by atoms with Gasteiger partial charge in [0.05, 0.1) is 12.2 Å². The van der Waals surface area contributed by atoms with E-state index in [2.05, 4.69) is 40.1 Å². The summed E-state index contributed by atoms with van der Waals surface area (Å²) in [7, 11) is 0. The Labute approximate surface area is 186 Å². The van der Waals surface area contributed by atoms with Crippen LogP contribution in [0.4, 0.5) is 24.8 Å². The summed E-state index contributed by atoms with van der Waals surface area (Å²) in [6, 6.07) is 2.19. The predicted octanol–water partition coefficient (Wildman–Crippen LogP) is 2.29. The molecule has 1 spiro atoms. The van der Waals surface area contributed by atoms with Crippen molar-refractivity contribution in [3.05, 3.63) is 23.5 Å². The Kier molecular flexibility index (Phi) is 5.58. The SMILES string of the molecule is CC1=CCOC12CCN(c1cc(N3C[C@@H](N4CCNCC4)[C@H]3C)nc(C(F)(F)F)n1)CC2. The molecular formula is C22H31F3N6O. The maximum Gasteiger partial charge on any atom is 0.451 e. The van der Waals surface area contributed by atoms with Crippen molar-refractivity contribution < 1.29 is 17.9 Å². The number of halogens is 3. The molecular weight excluding hydrogens is 421 g/mol. The minimum atomic E-state index is -4.58. The Balaban J connectivity index is 1.35. The first-order chi connectivity index (χ1) is 15.3. The minimum absolute atomic E-state index is 0.112. The van der Waals surface area contributed by atoms with E-state index in [0.29, 0.717) is 43.9 Å². The van der Waals surface area contributed by atoms with Crippen LogP contribution in [0.1, 0.15) is 32.5 Å². The van der Waals surface area contributed by atoms with Crippen LogP contribution in [-0.2, 0) is 10.9 Å². The van der Waals surface area contributed by atoms with E-state index in [1.54, 1.807) is 6.07 Å². The van der Waals surface area contributed by atoms with Gasteiger partial charge >= 0.3 is 6.18 Å². The predicted molar refractivity (Wildman–Crippen MR) is 116 cm³/mol. The number of piperazine rings is 1. The van der Waals surface area contributed by atoms with E-state index in [-0.39, 0.29) is 11.6 Å². The Morgan fingerprint density at radius 2 is 1.78 bits per heavy atom. The number of piperidine rings is 1. The molecule has 1 N–H and O–H groups in total. The lowest BCUT2D eigenvalue weighted by molar-refractivity contribution is -0.144. The molecule has 176 valence electrons. The van der Waals surface area contributed by atoms with Gasteiger partial charge in [-0.15, -0.1) is 0 Å². The van der Waals surface area contributed by atoms with Crippen molar-refractivity contribution in [2.75, 3.05) is 62.2 Å². The van der Waals surface area contributed by atoms with Gasteiger partial charge in [0.15, 0.2) is 0 Å². The van der Waals surface area contributed by atoms with E-state index >= 15 is 0 Å². The molecule has 1 aromatic heterocycles. The Morgan fingerprint density at radius 3 is 2.38 bits per heavy atom. The highest BCUT2D eigenvalue weighted by atomic mass is 19.4. The Bertz CT molecular complexity index is 877. The summed E-state index contributed by atoms with van der Waals surface area (Å²) in [6.07, 6.45) is -0.982. The lowest BCUT2D eigenvalue weighted by atomic mass is 9.85. The molecule has 10 heteroatoms. The largest absolute Gasteiger partial charge is 0.451 e. The topological polar surface area (TPSA) is 56.8 Å². The van der Waals surface area contributed by atoms with Crippen molar-refractivity contribution in [2.45, 2.75) is 50.6 Å². The van der Waals surface area contributed by atoms with Crippen molar-refractivity contribution in [3.8, 4) is 0 Å². The number of anilines is 2. The van der Waals surface area contributed by atoms with E-state index in [4.69, 9.17) is 4.74 Å². The number of hydrogen-bond acceptors (Lipinski definition) is 7. The average molecular weight is 453 g/mol. The lowest BCUT2D eigenvalue weighted by Gasteiger charge is -2.53. The zero-order valence-electron chi connectivity index (χ0n) is 18.7. The second-order valence-electron chi connectivity index (χ2n) is 9.33. The van der Waals surface area contributed by atoms with Gasteiger partial charge in [-0.1, -0.05) is 6.08 Å². The normalized spacial score (nSPS) is 28.7. The average Bonchev–Trinajstić information content (AvgIpc) is 3.12. The lowest BCUT2D eigenvalue weighted by Crippen LogP contribution is -2.68. The molecule has 3 fully saturated rings. The molecule has 0 radical (unpaired) electrons. The van der Waals surface area contributed by atoms with Crippen LogP contribution in [0.15, 0.2) is 17.7 Å². The molecule has 0 amide bonds. The molecule has 0 unspecified atom stereocenters. The van der Waals surface area contributed by atoms with Gasteiger partial charge in [0.25, 0.3) is 0 Å². The minimum Gasteiger partial charge on any atom is -0.366 e. The highest BCUT2D eigenvalue weighted by Crippen LogP contribution is 2.39. The van der Waals surface area contributed by atoms with Crippen molar-refractivity contribution in [2.24, 2.45) is 0 Å². The van der Waals surface area contributed by atoms with Gasteiger partial charge in [-0.3, -0.25) is 4.90 Å². The molecule has 2 atom stereocenters. The summed E-state index contributed by atoms with van der Waals surface area (Å²) in [5.41, 5.74) is 0.965. The Hall–Kier alpha value is -1.91. The molecule has 0 bridgehead atoms. The first-order valence-electron chi connectivity index (χ1n) is 11.5. The van der Waals surface area contributed by atoms with E-state index in [1.807, 2.05) is 9.80 Å². The second kappa shape index (κ2) is 8.14. The van der Waals surface area contributed by atoms with E-state index in [9.17, 15) is 13.2 Å². The number of nitrogens with zero attached hydrogens (tertiary/aromatic N) is 5. The quantitative estimate of drug-likeness (QED) is 0.707. The molecule has 0 saturated carbocycles. The zero-order chi connectivity index (χ0) is 22.5. The summed E-state index contributed by atoms with van der Waals surface area (Å²) in [5.74, 6) is -0.333. The maximum absolute atomic E-state index is 13.7. The molecule has 1 aromatic rings. The van der Waals surface area contributed by atoms with Gasteiger partial charge in [0, 0.05) is 64.0 Å². The highest BCUT2D eigenvalue weighted by molar-refractivity contribution is 5.54. The van der Waals surface area contributed by atoms with Crippen LogP contribution in [0, 0.1) is 0 Å². The van der Waals surface area contributed by atoms with Gasteiger partial charge in [-0.2, -0.15) is 13.2 Å². The molecule has 5 rings (SSSR count). The van der Waals surface area contributed by atoms with E-state index in [0.717, 1.165) is 39.0 Å². The summed E-state index contributed by atoms with van der Waals surface area (Å²) < 4.78 is 46.9. The van der Waals surface area contributed by atoms with Crippen LogP contribution in [0.5, 0.6) is 0 Å². The molecule has 0 aromatic carbocycles. The number of alkyl halides is 3. The standard InChI is InChI=1S/C22H31F3N6O/c1-15-3-12-32-21(15)4-8-30(9-5-21)18-13-19(28-20(27-18)22(23,24)25)31-14-17(16(31)2)29-10-6-26-7-11-29/h3,13,16-17,26H,4-12,14H2,1-2H3/t16-,17-/m1/s1. The monoisotopic (exact) mass is 452 g/mol. The summed E-state index contributed by atoms with van der Waals surface area (Å²) in [6.45, 7) is 10.5. The van der Waals surface area contributed by atoms with Crippen LogP contribution in [0.2, 0.25) is 0 Å². The molecule has 4 aliphatic rings. The van der Waals surface area contributed by atoms with Crippen molar-refractivity contribution in [1.29, 1.82) is 0 Å². The summed E-state index contributed by atoms with van der Waals surface area (Å²) in [5, 5.41) is 3.35. The Morgan fingerprint density at radius 1 is 1.09 bits per heavy atom. The third-order valence-corrected chi connectivity index (χ3v) is 7.66. The van der Waals surface area contributed by atoms with Crippen molar-refractivity contribution in [3.63, 3.8) is 0 Å². The fourth-order valence-electron chi connectivity index (χ4n) is 5.45. The summed E-state index contributed by atoms with van der Waals surface area (Å²) in [4.78, 5) is 14.2. The fraction of sp³-hybridized carbons (Fsp3) is 0.727. The van der Waals surface area contributed by atoms with Crippen molar-refractivity contribution in [1.82, 2.24) is 20.2 Å². The van der Waals surface area contributed by atoms with Crippen LogP contribution in [0.3, 0.4) is 0 Å². The number of rotatable bonds is 3. The third kappa shape index (κ3) is 3.86. The first kappa shape index (κ1) is 21.9. The number of ether oxygens (including phenoxy) is 1. The second-order valence-corrected chi connectivity index (χ2v) is 9.33. The number of nitrogens with one attached hydrogen (secondary N) is 1. The van der Waals surface area contributed by atoms with Crippen LogP contribution in [-0.4, -0.2) is 85.0 Å². The number of aromatic nitrogens is 2. The maximum atomic E-state index is 13.7. The first-order valence-corrected chi connectivity index (χ1v) is 11.5. The van der Waals surface area contributed by atoms with Crippen LogP contribution in [0.25, 0.3) is 0 Å². The van der Waals surface area contributed by atoms with E-state index in [1.165, 1.54) is 5.57 Å². The van der Waals surface area contributed by atoms with Crippen LogP contribution >= 0.6 is 0 Å². The molecule has 0 aliphatic carbocycles. The van der Waals surface area contributed by atoms with Crippen molar-refractivity contribution >= 4 is 11.6 Å². The number of hydrogen-bond donors (Lipinski definition) is 1. The smallest absolute Gasteiger partial charge is 0.366 e. The van der Waals surface area contributed by atoms with Gasteiger partial charge in [-0.25, -0.2) is 9.97 Å². The third-order valence-electron chi connectivity index (χ3n) is 7.66. The molecule has 32 heavy (non-hydrogen) atoms. The fourth-order valence-corrected chi connectivity index (χ4v) is 5.45.